The van der Waals surface area contributed by atoms with Gasteiger partial charge in [0.25, 0.3) is 5.56 Å². The number of hydrogen-bond donors (Lipinski definition) is 0. The van der Waals surface area contributed by atoms with Crippen molar-refractivity contribution >= 4 is 45.2 Å². The van der Waals surface area contributed by atoms with Crippen LogP contribution in [0, 0.1) is 11.8 Å². The zero-order chi connectivity index (χ0) is 20.7. The standard InChI is InChI=1S/C23H15NO5/c1-3-17-13-5-6-14-18(25)9-10-19(26)15-7-8-16(21(13)22(14)15)23(28)24(17)11-12-29-20(27)4-2/h3-8H,2,11-12H2,1H3. The molecule has 0 radical (unpaired) electrons. The number of nitrogens with zero attached hydrogens (tertiary/aromatic N) is 1. The Labute approximate surface area is 165 Å². The number of hydrogen-bond acceptors (Lipinski definition) is 5. The van der Waals surface area contributed by atoms with E-state index in [1.807, 2.05) is 0 Å². The van der Waals surface area contributed by atoms with E-state index >= 15 is 0 Å². The average molecular weight is 385 g/mol. The van der Waals surface area contributed by atoms with Crippen LogP contribution in [0.3, 0.4) is 0 Å². The Kier molecular flexibility index (Phi) is 4.36. The number of benzene rings is 2. The molecular weight excluding hydrogens is 370 g/mol. The first kappa shape index (κ1) is 18.4. The van der Waals surface area contributed by atoms with Crippen molar-refractivity contribution in [1.82, 2.24) is 4.57 Å². The molecule has 0 saturated carbocycles. The van der Waals surface area contributed by atoms with Crippen LogP contribution in [0.5, 0.6) is 0 Å². The lowest BCUT2D eigenvalue weighted by Gasteiger charge is -2.15. The molecule has 6 nitrogen and oxygen atoms in total. The second kappa shape index (κ2) is 6.88. The Hall–Kier alpha value is -3.98. The minimum absolute atomic E-state index is 0.00733. The normalized spacial score (nSPS) is 13.3. The monoisotopic (exact) mass is 385 g/mol. The molecule has 0 spiro atoms. The number of rotatable bonds is 4. The molecule has 29 heavy (non-hydrogen) atoms. The number of carbonyl (C=O) groups excluding carboxylic acids is 3. The lowest BCUT2D eigenvalue weighted by molar-refractivity contribution is -0.138. The zero-order valence-electron chi connectivity index (χ0n) is 15.6. The van der Waals surface area contributed by atoms with Crippen LogP contribution in [0.15, 0.2) is 41.7 Å². The number of ether oxygens (including phenoxy) is 1. The molecule has 0 amide bonds. The van der Waals surface area contributed by atoms with Crippen LogP contribution in [-0.4, -0.2) is 28.7 Å². The number of ketones is 2. The number of pyridine rings is 1. The van der Waals surface area contributed by atoms with Gasteiger partial charge < -0.3 is 9.30 Å². The molecule has 0 fully saturated rings. The van der Waals surface area contributed by atoms with Gasteiger partial charge in [0, 0.05) is 44.1 Å². The maximum Gasteiger partial charge on any atom is 0.330 e. The molecule has 3 aromatic rings. The summed E-state index contributed by atoms with van der Waals surface area (Å²) < 4.78 is 6.54. The number of aromatic nitrogens is 1. The maximum atomic E-state index is 13.2. The first-order valence-corrected chi connectivity index (χ1v) is 8.96. The molecule has 0 bridgehead atoms. The molecule has 0 saturated heterocycles. The van der Waals surface area contributed by atoms with Crippen molar-refractivity contribution in [2.45, 2.75) is 13.5 Å². The highest BCUT2D eigenvalue weighted by molar-refractivity contribution is 6.32. The van der Waals surface area contributed by atoms with Gasteiger partial charge in [-0.25, -0.2) is 4.79 Å². The van der Waals surface area contributed by atoms with Gasteiger partial charge in [-0.3, -0.25) is 14.4 Å². The summed E-state index contributed by atoms with van der Waals surface area (Å²) >= 11 is 0. The molecule has 2 aromatic carbocycles. The summed E-state index contributed by atoms with van der Waals surface area (Å²) in [6, 6.07) is 6.51. The van der Waals surface area contributed by atoms with Gasteiger partial charge in [-0.2, -0.15) is 0 Å². The summed E-state index contributed by atoms with van der Waals surface area (Å²) in [5.41, 5.74) is 0.333. The fourth-order valence-electron chi connectivity index (χ4n) is 3.74. The molecule has 0 unspecified atom stereocenters. The molecule has 0 aliphatic heterocycles. The van der Waals surface area contributed by atoms with E-state index in [1.54, 1.807) is 31.2 Å². The predicted molar refractivity (Wildman–Crippen MR) is 109 cm³/mol. The number of carbonyl (C=O) groups is 3. The summed E-state index contributed by atoms with van der Waals surface area (Å²) in [6.07, 6.45) is 2.84. The Bertz CT molecular complexity index is 1400. The van der Waals surface area contributed by atoms with E-state index in [1.165, 1.54) is 10.6 Å². The van der Waals surface area contributed by atoms with E-state index in [-0.39, 0.29) is 18.7 Å². The second-order valence-electron chi connectivity index (χ2n) is 6.48. The Morgan fingerprint density at radius 1 is 1.03 bits per heavy atom. The summed E-state index contributed by atoms with van der Waals surface area (Å²) in [6.45, 7) is 5.30. The SMILES string of the molecule is C=CC(=O)OCCn1c(=O)c2ccc3c4c(ccc(c1=CC)c42)C(=O)C#CC3=O. The maximum absolute atomic E-state index is 13.2. The van der Waals surface area contributed by atoms with Crippen molar-refractivity contribution in [2.24, 2.45) is 0 Å². The third-order valence-electron chi connectivity index (χ3n) is 4.98. The Morgan fingerprint density at radius 3 is 2.24 bits per heavy atom. The van der Waals surface area contributed by atoms with Gasteiger partial charge in [-0.05, 0) is 37.0 Å². The van der Waals surface area contributed by atoms with E-state index in [9.17, 15) is 19.2 Å². The molecule has 4 rings (SSSR count). The van der Waals surface area contributed by atoms with Gasteiger partial charge in [0.1, 0.15) is 6.61 Å². The second-order valence-corrected chi connectivity index (χ2v) is 6.48. The van der Waals surface area contributed by atoms with E-state index < -0.39 is 17.5 Å². The van der Waals surface area contributed by atoms with Gasteiger partial charge in [-0.1, -0.05) is 18.7 Å². The highest BCUT2D eigenvalue weighted by atomic mass is 16.5. The molecule has 0 atom stereocenters. The van der Waals surface area contributed by atoms with Gasteiger partial charge >= 0.3 is 5.97 Å². The van der Waals surface area contributed by atoms with Gasteiger partial charge in [0.05, 0.1) is 6.54 Å². The molecule has 1 aliphatic carbocycles. The topological polar surface area (TPSA) is 82.4 Å². The average Bonchev–Trinajstić information content (AvgIpc) is 2.85. The number of Topliss-reactive ketones (excluding diaryl/α,β-unsaturated/α-hetero) is 2. The van der Waals surface area contributed by atoms with E-state index in [4.69, 9.17) is 4.74 Å². The van der Waals surface area contributed by atoms with Crippen molar-refractivity contribution in [3.63, 3.8) is 0 Å². The predicted octanol–water partition coefficient (Wildman–Crippen LogP) is 1.79. The van der Waals surface area contributed by atoms with Crippen LogP contribution >= 0.6 is 0 Å². The summed E-state index contributed by atoms with van der Waals surface area (Å²) in [5, 5.41) is 2.72. The highest BCUT2D eigenvalue weighted by Gasteiger charge is 2.23. The van der Waals surface area contributed by atoms with Crippen LogP contribution in [0.2, 0.25) is 0 Å². The lowest BCUT2D eigenvalue weighted by Crippen LogP contribution is -2.35. The van der Waals surface area contributed by atoms with Crippen LogP contribution < -0.4 is 10.9 Å². The van der Waals surface area contributed by atoms with Crippen molar-refractivity contribution in [2.75, 3.05) is 6.61 Å². The minimum Gasteiger partial charge on any atom is -0.461 e. The Morgan fingerprint density at radius 2 is 1.66 bits per heavy atom. The first-order valence-electron chi connectivity index (χ1n) is 8.96. The highest BCUT2D eigenvalue weighted by Crippen LogP contribution is 2.30. The van der Waals surface area contributed by atoms with E-state index in [0.717, 1.165) is 11.5 Å². The van der Waals surface area contributed by atoms with E-state index in [2.05, 4.69) is 18.4 Å². The third kappa shape index (κ3) is 2.75. The molecule has 142 valence electrons. The fourth-order valence-corrected chi connectivity index (χ4v) is 3.74. The summed E-state index contributed by atoms with van der Waals surface area (Å²) in [7, 11) is 0. The lowest BCUT2D eigenvalue weighted by atomic mass is 9.92. The largest absolute Gasteiger partial charge is 0.461 e. The zero-order valence-corrected chi connectivity index (χ0v) is 15.6. The summed E-state index contributed by atoms with van der Waals surface area (Å²) in [4.78, 5) is 49.3. The van der Waals surface area contributed by atoms with Gasteiger partial charge in [0.2, 0.25) is 11.6 Å². The van der Waals surface area contributed by atoms with Crippen LogP contribution in [0.4, 0.5) is 0 Å². The minimum atomic E-state index is -0.566. The smallest absolute Gasteiger partial charge is 0.330 e. The fraction of sp³-hybridized carbons (Fsp3) is 0.130. The van der Waals surface area contributed by atoms with Gasteiger partial charge in [-0.15, -0.1) is 0 Å². The summed E-state index contributed by atoms with van der Waals surface area (Å²) in [5.74, 6) is 3.25. The molecular formula is C23H15NO5. The van der Waals surface area contributed by atoms with Crippen molar-refractivity contribution in [1.29, 1.82) is 0 Å². The molecule has 0 N–H and O–H groups in total. The molecule has 1 aromatic heterocycles. The third-order valence-corrected chi connectivity index (χ3v) is 4.98. The molecule has 1 aliphatic rings. The number of esters is 1. The Balaban J connectivity index is 2.06. The van der Waals surface area contributed by atoms with Crippen molar-refractivity contribution < 1.29 is 19.1 Å². The quantitative estimate of drug-likeness (QED) is 0.296. The molecule has 6 heteroatoms. The van der Waals surface area contributed by atoms with Crippen LogP contribution in [0.25, 0.3) is 27.6 Å². The van der Waals surface area contributed by atoms with E-state index in [0.29, 0.717) is 32.6 Å². The van der Waals surface area contributed by atoms with Crippen LogP contribution in [0.1, 0.15) is 27.6 Å². The van der Waals surface area contributed by atoms with Crippen molar-refractivity contribution in [3.05, 3.63) is 63.8 Å². The van der Waals surface area contributed by atoms with Crippen molar-refractivity contribution in [3.8, 4) is 11.8 Å². The first-order chi connectivity index (χ1) is 14.0. The molecule has 1 heterocycles. The van der Waals surface area contributed by atoms with Gasteiger partial charge in [0.15, 0.2) is 0 Å². The van der Waals surface area contributed by atoms with Crippen LogP contribution in [-0.2, 0) is 16.1 Å².